The minimum atomic E-state index is -2.43. The molecule has 1 aromatic heterocycles. The third-order valence-electron chi connectivity index (χ3n) is 6.33. The Kier molecular flexibility index (Phi) is 4.88. The molecule has 1 N–H and O–H groups in total. The van der Waals surface area contributed by atoms with Gasteiger partial charge >= 0.3 is 0 Å². The molecule has 1 saturated heterocycles. The van der Waals surface area contributed by atoms with E-state index in [2.05, 4.69) is 10.4 Å². The summed E-state index contributed by atoms with van der Waals surface area (Å²) in [6, 6.07) is 0.925. The molecule has 0 aromatic carbocycles. The van der Waals surface area contributed by atoms with Gasteiger partial charge in [-0.1, -0.05) is 12.8 Å². The van der Waals surface area contributed by atoms with E-state index >= 15 is 0 Å². The summed E-state index contributed by atoms with van der Waals surface area (Å²) in [5.74, 6) is 1.38. The second-order valence-corrected chi connectivity index (χ2v) is 8.17. The summed E-state index contributed by atoms with van der Waals surface area (Å²) < 4.78 is 28.7. The molecule has 0 bridgehead atoms. The molecule has 1 aromatic rings. The molecule has 1 amide bonds. The fraction of sp³-hybridized carbons (Fsp3) is 0.789. The molecule has 1 aliphatic carbocycles. The Hall–Kier alpha value is -1.66. The van der Waals surface area contributed by atoms with Crippen LogP contribution in [0.5, 0.6) is 0 Å². The lowest BCUT2D eigenvalue weighted by Gasteiger charge is -2.41. The molecule has 144 valence electrons. The molecular weight excluding hydrogens is 338 g/mol. The number of likely N-dealkylation sites (tertiary alicyclic amines) is 1. The Bertz CT molecular complexity index is 656. The first-order valence-electron chi connectivity index (χ1n) is 9.92. The lowest BCUT2D eigenvalue weighted by Crippen LogP contribution is -2.49. The highest BCUT2D eigenvalue weighted by Gasteiger charge is 2.39. The highest BCUT2D eigenvalue weighted by atomic mass is 19.3. The fourth-order valence-corrected chi connectivity index (χ4v) is 4.98. The van der Waals surface area contributed by atoms with Crippen LogP contribution in [0.3, 0.4) is 0 Å². The average molecular weight is 366 g/mol. The van der Waals surface area contributed by atoms with E-state index in [1.807, 2.05) is 17.9 Å². The van der Waals surface area contributed by atoms with Crippen molar-refractivity contribution in [3.05, 3.63) is 11.8 Å². The fourth-order valence-electron chi connectivity index (χ4n) is 4.98. The molecule has 3 heterocycles. The van der Waals surface area contributed by atoms with Crippen molar-refractivity contribution in [3.63, 3.8) is 0 Å². The van der Waals surface area contributed by atoms with Gasteiger partial charge in [0.25, 0.3) is 6.43 Å². The third kappa shape index (κ3) is 3.32. The summed E-state index contributed by atoms with van der Waals surface area (Å²) in [6.45, 7) is 3.33. The van der Waals surface area contributed by atoms with Crippen LogP contribution in [0.2, 0.25) is 0 Å². The molecule has 0 spiro atoms. The average Bonchev–Trinajstić information content (AvgIpc) is 3.28. The van der Waals surface area contributed by atoms with Gasteiger partial charge in [0.15, 0.2) is 0 Å². The quantitative estimate of drug-likeness (QED) is 0.889. The number of fused-ring (bicyclic) bond motifs is 1. The van der Waals surface area contributed by atoms with Gasteiger partial charge in [0.05, 0.1) is 5.69 Å². The zero-order valence-electron chi connectivity index (χ0n) is 15.3. The molecule has 2 aliphatic heterocycles. The van der Waals surface area contributed by atoms with Crippen molar-refractivity contribution in [1.82, 2.24) is 14.7 Å². The Labute approximate surface area is 153 Å². The number of halogens is 2. The Balaban J connectivity index is 1.47. The van der Waals surface area contributed by atoms with E-state index in [4.69, 9.17) is 0 Å². The van der Waals surface area contributed by atoms with Crippen LogP contribution in [-0.2, 0) is 4.79 Å². The van der Waals surface area contributed by atoms with Crippen molar-refractivity contribution in [2.45, 2.75) is 70.4 Å². The van der Waals surface area contributed by atoms with Crippen LogP contribution in [0, 0.1) is 18.8 Å². The summed E-state index contributed by atoms with van der Waals surface area (Å²) in [7, 11) is 0. The molecule has 5 nitrogen and oxygen atoms in total. The van der Waals surface area contributed by atoms with Gasteiger partial charge in [-0.15, -0.1) is 0 Å². The van der Waals surface area contributed by atoms with Gasteiger partial charge < -0.3 is 10.2 Å². The first-order valence-corrected chi connectivity index (χ1v) is 9.92. The normalized spacial score (nSPS) is 29.7. The Morgan fingerprint density at radius 2 is 2.04 bits per heavy atom. The van der Waals surface area contributed by atoms with Gasteiger partial charge in [-0.3, -0.25) is 4.79 Å². The van der Waals surface area contributed by atoms with Crippen LogP contribution in [0.4, 0.5) is 14.6 Å². The highest BCUT2D eigenvalue weighted by molar-refractivity contribution is 5.79. The molecular formula is C19H28F2N4O. The predicted octanol–water partition coefficient (Wildman–Crippen LogP) is 3.61. The minimum Gasteiger partial charge on any atom is -0.367 e. The maximum atomic E-state index is 13.6. The number of aryl methyl sites for hydroxylation is 1. The van der Waals surface area contributed by atoms with Gasteiger partial charge in [0, 0.05) is 31.1 Å². The molecule has 0 unspecified atom stereocenters. The van der Waals surface area contributed by atoms with Gasteiger partial charge in [-0.05, 0) is 44.9 Å². The van der Waals surface area contributed by atoms with Crippen LogP contribution < -0.4 is 5.32 Å². The number of anilines is 1. The number of hydrogen-bond donors (Lipinski definition) is 1. The molecule has 26 heavy (non-hydrogen) atoms. The first-order chi connectivity index (χ1) is 12.5. The summed E-state index contributed by atoms with van der Waals surface area (Å²) in [5.41, 5.74) is 0.750. The van der Waals surface area contributed by atoms with Crippen molar-refractivity contribution in [1.29, 1.82) is 0 Å². The topological polar surface area (TPSA) is 50.2 Å². The van der Waals surface area contributed by atoms with Crippen LogP contribution in [0.25, 0.3) is 0 Å². The molecule has 2 fully saturated rings. The van der Waals surface area contributed by atoms with Crippen LogP contribution in [0.1, 0.15) is 56.7 Å². The minimum absolute atomic E-state index is 0.0308. The van der Waals surface area contributed by atoms with Gasteiger partial charge in [-0.2, -0.15) is 5.10 Å². The van der Waals surface area contributed by atoms with Gasteiger partial charge in [-0.25, -0.2) is 13.5 Å². The number of nitrogens with zero attached hydrogens (tertiary/aromatic N) is 3. The number of amides is 1. The molecule has 0 radical (unpaired) electrons. The number of hydrogen-bond acceptors (Lipinski definition) is 3. The lowest BCUT2D eigenvalue weighted by atomic mass is 9.85. The number of rotatable bonds is 3. The second kappa shape index (κ2) is 7.16. The molecule has 1 saturated carbocycles. The summed E-state index contributed by atoms with van der Waals surface area (Å²) >= 11 is 0. The van der Waals surface area contributed by atoms with Crippen molar-refractivity contribution in [2.24, 2.45) is 11.8 Å². The zero-order valence-corrected chi connectivity index (χ0v) is 15.3. The second-order valence-electron chi connectivity index (χ2n) is 8.17. The van der Waals surface area contributed by atoms with Crippen molar-refractivity contribution < 1.29 is 13.6 Å². The number of carbonyl (C=O) groups excluding carboxylic acids is 1. The SMILES string of the molecule is Cc1cc2n(n1)[C@@H](C(F)F)C[C@@H]([C@H]1CCCN(C(=O)C3CCCC3)C1)N2. The number of alkyl halides is 2. The largest absolute Gasteiger partial charge is 0.367 e. The first kappa shape index (κ1) is 17.7. The predicted molar refractivity (Wildman–Crippen MR) is 95.3 cm³/mol. The van der Waals surface area contributed by atoms with Crippen molar-refractivity contribution in [2.75, 3.05) is 18.4 Å². The summed E-state index contributed by atoms with van der Waals surface area (Å²) in [4.78, 5) is 14.8. The molecule has 7 heteroatoms. The monoisotopic (exact) mass is 366 g/mol. The van der Waals surface area contributed by atoms with E-state index in [0.29, 0.717) is 18.8 Å². The highest BCUT2D eigenvalue weighted by Crippen LogP contribution is 2.37. The molecule has 4 rings (SSSR count). The standard InChI is InChI=1S/C19H28F2N4O/c1-12-9-17-22-15(10-16(18(20)21)25(17)23-12)14-7-4-8-24(11-14)19(26)13-5-2-3-6-13/h9,13-16,18,22H,2-8,10-11H2,1H3/t14-,15-,16+/m0/s1. The zero-order chi connectivity index (χ0) is 18.3. The Morgan fingerprint density at radius 3 is 2.77 bits per heavy atom. The van der Waals surface area contributed by atoms with Gasteiger partial charge in [0.1, 0.15) is 11.9 Å². The van der Waals surface area contributed by atoms with Crippen LogP contribution in [0.15, 0.2) is 6.07 Å². The van der Waals surface area contributed by atoms with E-state index in [1.165, 1.54) is 4.68 Å². The summed E-state index contributed by atoms with van der Waals surface area (Å²) in [6.07, 6.45) is 4.18. The van der Waals surface area contributed by atoms with E-state index in [1.54, 1.807) is 0 Å². The smallest absolute Gasteiger partial charge is 0.260 e. The van der Waals surface area contributed by atoms with Crippen molar-refractivity contribution in [3.8, 4) is 0 Å². The van der Waals surface area contributed by atoms with E-state index < -0.39 is 12.5 Å². The molecule has 3 aliphatic rings. The molecule has 3 atom stereocenters. The number of nitrogens with one attached hydrogen (secondary N) is 1. The lowest BCUT2D eigenvalue weighted by molar-refractivity contribution is -0.137. The number of piperidine rings is 1. The number of carbonyl (C=O) groups is 1. The van der Waals surface area contributed by atoms with E-state index in [-0.39, 0.29) is 23.8 Å². The van der Waals surface area contributed by atoms with E-state index in [0.717, 1.165) is 50.8 Å². The van der Waals surface area contributed by atoms with Crippen LogP contribution >= 0.6 is 0 Å². The van der Waals surface area contributed by atoms with E-state index in [9.17, 15) is 13.6 Å². The maximum absolute atomic E-state index is 13.6. The maximum Gasteiger partial charge on any atom is 0.260 e. The van der Waals surface area contributed by atoms with Gasteiger partial charge in [0.2, 0.25) is 5.91 Å². The van der Waals surface area contributed by atoms with Crippen molar-refractivity contribution >= 4 is 11.7 Å². The summed E-state index contributed by atoms with van der Waals surface area (Å²) in [5, 5.41) is 7.67. The third-order valence-corrected chi connectivity index (χ3v) is 6.33. The van der Waals surface area contributed by atoms with Crippen LogP contribution in [-0.4, -0.2) is 46.1 Å². The Morgan fingerprint density at radius 1 is 1.27 bits per heavy atom. The number of aromatic nitrogens is 2.